The average molecular weight is 257 g/mol. The van der Waals surface area contributed by atoms with Crippen molar-refractivity contribution in [2.45, 2.75) is 6.54 Å². The monoisotopic (exact) mass is 257 g/mol. The maximum Gasteiger partial charge on any atom is 1.00 e. The number of aromatic nitrogens is 2. The van der Waals surface area contributed by atoms with Gasteiger partial charge in [0.2, 0.25) is 0 Å². The van der Waals surface area contributed by atoms with Gasteiger partial charge in [0.05, 0.1) is 0 Å². The fourth-order valence-corrected chi connectivity index (χ4v) is 1.20. The molecule has 94 valence electrons. The van der Waals surface area contributed by atoms with E-state index in [1.54, 1.807) is 18.5 Å². The summed E-state index contributed by atoms with van der Waals surface area (Å²) in [5.74, 6) is 0. The van der Waals surface area contributed by atoms with Gasteiger partial charge in [-0.2, -0.15) is 0 Å². The predicted molar refractivity (Wildman–Crippen MR) is 70.6 cm³/mol. The summed E-state index contributed by atoms with van der Waals surface area (Å²) in [6, 6.07) is 12.2. The number of hydrogen-bond donors (Lipinski definition) is 0. The Labute approximate surface area is 132 Å². The molecule has 0 radical (unpaired) electrons. The molecule has 1 aromatic carbocycles. The molecule has 0 saturated carbocycles. The maximum atomic E-state index is 3.67. The molecule has 4 nitrogen and oxygen atoms in total. The summed E-state index contributed by atoms with van der Waals surface area (Å²) in [6.45, 7) is 1.03. The van der Waals surface area contributed by atoms with Crippen molar-refractivity contribution in [1.82, 2.24) is 14.9 Å². The summed E-state index contributed by atoms with van der Waals surface area (Å²) in [6.07, 6.45) is 4.88. The van der Waals surface area contributed by atoms with Gasteiger partial charge in [-0.05, 0) is 25.7 Å². The van der Waals surface area contributed by atoms with Crippen LogP contribution in [0.4, 0.5) is 0 Å². The Morgan fingerprint density at radius 3 is 1.89 bits per heavy atom. The molecule has 0 amide bonds. The largest absolute Gasteiger partial charge is 1.00 e. The quantitative estimate of drug-likeness (QED) is 0.616. The minimum Gasteiger partial charge on any atom is -1.00 e. The van der Waals surface area contributed by atoms with Crippen LogP contribution >= 0.6 is 0 Å². The van der Waals surface area contributed by atoms with Crippen LogP contribution in [0, 0.1) is 0 Å². The van der Waals surface area contributed by atoms with Crippen molar-refractivity contribution in [3.8, 4) is 0 Å². The Bertz CT molecular complexity index is 349. The van der Waals surface area contributed by atoms with Gasteiger partial charge in [-0.25, -0.2) is 9.97 Å². The Morgan fingerprint density at radius 1 is 1.00 bits per heavy atom. The third-order valence-electron chi connectivity index (χ3n) is 1.82. The van der Waals surface area contributed by atoms with Crippen LogP contribution in [0.1, 0.15) is 6.99 Å². The van der Waals surface area contributed by atoms with Gasteiger partial charge >= 0.3 is 29.6 Å². The van der Waals surface area contributed by atoms with Crippen molar-refractivity contribution in [1.29, 1.82) is 0 Å². The van der Waals surface area contributed by atoms with E-state index >= 15 is 0 Å². The molecule has 2 rings (SSSR count). The first-order chi connectivity index (χ1) is 7.79. The van der Waals surface area contributed by atoms with E-state index in [1.165, 1.54) is 11.9 Å². The second kappa shape index (κ2) is 12.7. The van der Waals surface area contributed by atoms with Crippen molar-refractivity contribution >= 4 is 0 Å². The molecule has 0 aliphatic rings. The van der Waals surface area contributed by atoms with E-state index in [2.05, 4.69) is 53.2 Å². The van der Waals surface area contributed by atoms with E-state index in [0.717, 1.165) is 6.54 Å². The van der Waals surface area contributed by atoms with Crippen LogP contribution in [-0.2, 0) is 6.54 Å². The maximum absolute atomic E-state index is 3.67. The summed E-state index contributed by atoms with van der Waals surface area (Å²) < 4.78 is 0. The van der Waals surface area contributed by atoms with E-state index < -0.39 is 0 Å². The Kier molecular flexibility index (Phi) is 13.8. The number of nitrogens with zero attached hydrogens (tertiary/aromatic N) is 3. The van der Waals surface area contributed by atoms with Crippen LogP contribution in [0.3, 0.4) is 0 Å². The summed E-state index contributed by atoms with van der Waals surface area (Å²) in [5, 5.41) is 0. The molecule has 18 heavy (non-hydrogen) atoms. The molecule has 0 spiro atoms. The average Bonchev–Trinajstić information content (AvgIpc) is 2.32. The minimum absolute atomic E-state index is 0. The van der Waals surface area contributed by atoms with E-state index in [4.69, 9.17) is 0 Å². The predicted octanol–water partition coefficient (Wildman–Crippen LogP) is -1.48. The van der Waals surface area contributed by atoms with Gasteiger partial charge in [-0.1, -0.05) is 30.3 Å². The van der Waals surface area contributed by atoms with Crippen LogP contribution in [0.5, 0.6) is 0 Å². The topological polar surface area (TPSA) is 60.5 Å². The van der Waals surface area contributed by atoms with Gasteiger partial charge < -0.3 is 11.8 Å². The third-order valence-corrected chi connectivity index (χ3v) is 1.82. The third kappa shape index (κ3) is 10.4. The molecule has 0 unspecified atom stereocenters. The molecule has 2 N–H and O–H groups in total. The molecule has 2 aromatic rings. The zero-order chi connectivity index (χ0) is 11.6. The van der Waals surface area contributed by atoms with E-state index in [9.17, 15) is 0 Å². The molecule has 5 heteroatoms. The van der Waals surface area contributed by atoms with E-state index in [-0.39, 0.29) is 36.5 Å². The van der Waals surface area contributed by atoms with E-state index in [1.807, 2.05) is 6.07 Å². The van der Waals surface area contributed by atoms with E-state index in [0.29, 0.717) is 0 Å². The van der Waals surface area contributed by atoms with Crippen LogP contribution in [0.25, 0.3) is 0 Å². The van der Waals surface area contributed by atoms with Crippen LogP contribution in [0.15, 0.2) is 55.1 Å². The Balaban J connectivity index is -0.000000252. The normalized spacial score (nSPS) is 8.39. The molecule has 1 heterocycles. The first-order valence-corrected chi connectivity index (χ1v) is 5.17. The molecule has 0 saturated heterocycles. The van der Waals surface area contributed by atoms with Gasteiger partial charge in [0.15, 0.2) is 0 Å². The molecule has 0 bridgehead atoms. The smallest absolute Gasteiger partial charge is 1.00 e. The summed E-state index contributed by atoms with van der Waals surface area (Å²) in [4.78, 5) is 9.51. The summed E-state index contributed by atoms with van der Waals surface area (Å²) in [5.41, 5.74) is 1.37. The Hall–Kier alpha value is -0.780. The summed E-state index contributed by atoms with van der Waals surface area (Å²) in [7, 11) is 4.15. The second-order valence-electron chi connectivity index (χ2n) is 3.63. The van der Waals surface area contributed by atoms with Crippen molar-refractivity contribution in [2.24, 2.45) is 0 Å². The SMILES string of the molecule is CN(C)Cc1ccccc1.O.[H-].[Na+].c1cncnc1. The number of rotatable bonds is 2. The molecular formula is C13H20N3NaO. The number of benzene rings is 1. The molecule has 0 fully saturated rings. The zero-order valence-corrected chi connectivity index (χ0v) is 13.2. The zero-order valence-electron chi connectivity index (χ0n) is 12.2. The van der Waals surface area contributed by atoms with Gasteiger partial charge in [0.1, 0.15) is 6.33 Å². The van der Waals surface area contributed by atoms with Crippen molar-refractivity contribution in [2.75, 3.05) is 14.1 Å². The van der Waals surface area contributed by atoms with Gasteiger partial charge in [0.25, 0.3) is 0 Å². The fourth-order valence-electron chi connectivity index (χ4n) is 1.20. The van der Waals surface area contributed by atoms with Crippen molar-refractivity contribution in [3.63, 3.8) is 0 Å². The summed E-state index contributed by atoms with van der Waals surface area (Å²) >= 11 is 0. The van der Waals surface area contributed by atoms with Gasteiger partial charge in [-0.3, -0.25) is 0 Å². The Morgan fingerprint density at radius 2 is 1.56 bits per heavy atom. The van der Waals surface area contributed by atoms with Crippen molar-refractivity contribution in [3.05, 3.63) is 60.7 Å². The standard InChI is InChI=1S/C9H13N.C4H4N2.Na.H2O.H/c1-10(2)8-9-6-4-3-5-7-9;1-2-5-4-6-3-1;;;/h3-7H,8H2,1-2H3;1-4H;;1H2;/q;;+1;;-1. The molecule has 0 aliphatic heterocycles. The molecule has 0 aliphatic carbocycles. The fraction of sp³-hybridized carbons (Fsp3) is 0.231. The van der Waals surface area contributed by atoms with Crippen molar-refractivity contribution < 1.29 is 36.5 Å². The van der Waals surface area contributed by atoms with Crippen LogP contribution < -0.4 is 29.6 Å². The van der Waals surface area contributed by atoms with Crippen LogP contribution in [0.2, 0.25) is 0 Å². The van der Waals surface area contributed by atoms with Gasteiger partial charge in [0, 0.05) is 18.9 Å². The van der Waals surface area contributed by atoms with Crippen LogP contribution in [-0.4, -0.2) is 34.4 Å². The first-order valence-electron chi connectivity index (χ1n) is 5.17. The second-order valence-corrected chi connectivity index (χ2v) is 3.63. The van der Waals surface area contributed by atoms with Gasteiger partial charge in [-0.15, -0.1) is 0 Å². The number of hydrogen-bond acceptors (Lipinski definition) is 3. The minimum atomic E-state index is 0. The molecule has 0 atom stereocenters. The molecule has 1 aromatic heterocycles. The molecular weight excluding hydrogens is 237 g/mol. The first kappa shape index (κ1) is 19.6.